The van der Waals surface area contributed by atoms with Crippen LogP contribution in [0.5, 0.6) is 11.5 Å². The molecule has 1 heterocycles. The fraction of sp³-hybridized carbons (Fsp3) is 0.179. The lowest BCUT2D eigenvalue weighted by molar-refractivity contribution is 0.414. The average molecular weight is 425 g/mol. The normalized spacial score (nSPS) is 11.3. The third-order valence-corrected chi connectivity index (χ3v) is 5.48. The predicted octanol–water partition coefficient (Wildman–Crippen LogP) is 6.85. The van der Waals surface area contributed by atoms with E-state index in [1.54, 1.807) is 14.2 Å². The summed E-state index contributed by atoms with van der Waals surface area (Å²) in [5, 5.41) is 4.90. The van der Waals surface area contributed by atoms with E-state index in [9.17, 15) is 0 Å². The van der Waals surface area contributed by atoms with E-state index in [0.717, 1.165) is 39.7 Å². The zero-order valence-corrected chi connectivity index (χ0v) is 18.9. The van der Waals surface area contributed by atoms with Gasteiger partial charge in [-0.25, -0.2) is 4.68 Å². The molecular weight excluding hydrogens is 396 g/mol. The molecule has 4 heteroatoms. The minimum atomic E-state index is 0.491. The lowest BCUT2D eigenvalue weighted by Crippen LogP contribution is -2.00. The van der Waals surface area contributed by atoms with Crippen LogP contribution < -0.4 is 9.47 Å². The van der Waals surface area contributed by atoms with Crippen molar-refractivity contribution in [2.75, 3.05) is 14.2 Å². The summed E-state index contributed by atoms with van der Waals surface area (Å²) < 4.78 is 12.6. The Balaban J connectivity index is 1.72. The van der Waals surface area contributed by atoms with Gasteiger partial charge < -0.3 is 9.47 Å². The Morgan fingerprint density at radius 2 is 1.34 bits per heavy atom. The molecule has 4 rings (SSSR count). The fourth-order valence-electron chi connectivity index (χ4n) is 3.54. The van der Waals surface area contributed by atoms with Crippen LogP contribution in [0, 0.1) is 0 Å². The van der Waals surface area contributed by atoms with Gasteiger partial charge in [0.05, 0.1) is 31.3 Å². The zero-order chi connectivity index (χ0) is 22.5. The van der Waals surface area contributed by atoms with Crippen LogP contribution in [0.2, 0.25) is 0 Å². The van der Waals surface area contributed by atoms with Crippen LogP contribution in [-0.2, 0) is 0 Å². The van der Waals surface area contributed by atoms with Gasteiger partial charge in [0.15, 0.2) is 0 Å². The third kappa shape index (κ3) is 4.75. The van der Waals surface area contributed by atoms with E-state index in [4.69, 9.17) is 14.6 Å². The summed E-state index contributed by atoms with van der Waals surface area (Å²) in [7, 11) is 3.35. The quantitative estimate of drug-likeness (QED) is 0.325. The maximum absolute atomic E-state index is 5.32. The van der Waals surface area contributed by atoms with Gasteiger partial charge >= 0.3 is 0 Å². The molecule has 32 heavy (non-hydrogen) atoms. The molecule has 4 aromatic rings. The lowest BCUT2D eigenvalue weighted by atomic mass is 10.0. The second-order valence-corrected chi connectivity index (χ2v) is 7.95. The van der Waals surface area contributed by atoms with Crippen LogP contribution in [0.15, 0.2) is 78.9 Å². The minimum absolute atomic E-state index is 0.491. The molecule has 0 saturated heterocycles. The van der Waals surface area contributed by atoms with Crippen LogP contribution in [-0.4, -0.2) is 24.0 Å². The van der Waals surface area contributed by atoms with Crippen LogP contribution in [0.3, 0.4) is 0 Å². The van der Waals surface area contributed by atoms with Crippen LogP contribution in [0.4, 0.5) is 0 Å². The zero-order valence-electron chi connectivity index (χ0n) is 18.9. The molecule has 0 N–H and O–H groups in total. The van der Waals surface area contributed by atoms with Crippen LogP contribution >= 0.6 is 0 Å². The Bertz CT molecular complexity index is 1190. The van der Waals surface area contributed by atoms with Gasteiger partial charge in [0.25, 0.3) is 0 Å². The molecule has 0 bridgehead atoms. The molecule has 0 aliphatic carbocycles. The Morgan fingerprint density at radius 3 is 1.91 bits per heavy atom. The number of aromatic nitrogens is 2. The predicted molar refractivity (Wildman–Crippen MR) is 132 cm³/mol. The molecule has 3 aromatic carbocycles. The van der Waals surface area contributed by atoms with Gasteiger partial charge in [-0.3, -0.25) is 0 Å². The van der Waals surface area contributed by atoms with E-state index >= 15 is 0 Å². The van der Waals surface area contributed by atoms with Gasteiger partial charge in [-0.1, -0.05) is 44.2 Å². The summed E-state index contributed by atoms with van der Waals surface area (Å²) in [6, 6.07) is 26.8. The van der Waals surface area contributed by atoms with Gasteiger partial charge in [-0.15, -0.1) is 0 Å². The molecule has 0 aliphatic heterocycles. The summed E-state index contributed by atoms with van der Waals surface area (Å²) >= 11 is 0. The molecule has 4 nitrogen and oxygen atoms in total. The van der Waals surface area contributed by atoms with Crippen molar-refractivity contribution < 1.29 is 9.47 Å². The SMILES string of the molecule is COc1ccc(C=Cc2cc(-c3ccc(OC)cc3)n(-c3ccc(C(C)C)cc3)n2)cc1. The summed E-state index contributed by atoms with van der Waals surface area (Å²) in [5.74, 6) is 2.17. The number of rotatable bonds is 7. The molecule has 1 aromatic heterocycles. The fourth-order valence-corrected chi connectivity index (χ4v) is 3.54. The number of ether oxygens (including phenoxy) is 2. The van der Waals surface area contributed by atoms with Crippen molar-refractivity contribution in [1.82, 2.24) is 9.78 Å². The van der Waals surface area contributed by atoms with E-state index in [1.165, 1.54) is 5.56 Å². The summed E-state index contributed by atoms with van der Waals surface area (Å²) in [6.07, 6.45) is 4.10. The first kappa shape index (κ1) is 21.4. The van der Waals surface area contributed by atoms with Crippen molar-refractivity contribution in [3.8, 4) is 28.4 Å². The highest BCUT2D eigenvalue weighted by Gasteiger charge is 2.11. The molecule has 0 amide bonds. The maximum Gasteiger partial charge on any atom is 0.118 e. The van der Waals surface area contributed by atoms with Crippen LogP contribution in [0.25, 0.3) is 29.1 Å². The number of methoxy groups -OCH3 is 2. The highest BCUT2D eigenvalue weighted by atomic mass is 16.5. The van der Waals surface area contributed by atoms with E-state index in [-0.39, 0.29) is 0 Å². The van der Waals surface area contributed by atoms with Crippen molar-refractivity contribution >= 4 is 12.2 Å². The Kier molecular flexibility index (Phi) is 6.41. The van der Waals surface area contributed by atoms with Gasteiger partial charge in [0, 0.05) is 5.56 Å². The smallest absolute Gasteiger partial charge is 0.118 e. The average Bonchev–Trinajstić information content (AvgIpc) is 3.27. The number of hydrogen-bond acceptors (Lipinski definition) is 3. The topological polar surface area (TPSA) is 36.3 Å². The molecule has 0 atom stereocenters. The van der Waals surface area contributed by atoms with Gasteiger partial charge in [0.2, 0.25) is 0 Å². The summed E-state index contributed by atoms with van der Waals surface area (Å²) in [4.78, 5) is 0. The highest BCUT2D eigenvalue weighted by molar-refractivity contribution is 5.72. The second-order valence-electron chi connectivity index (χ2n) is 7.95. The van der Waals surface area contributed by atoms with Gasteiger partial charge in [-0.2, -0.15) is 5.10 Å². The third-order valence-electron chi connectivity index (χ3n) is 5.48. The Hall–Kier alpha value is -3.79. The van der Waals surface area contributed by atoms with Crippen molar-refractivity contribution in [3.63, 3.8) is 0 Å². The summed E-state index contributed by atoms with van der Waals surface area (Å²) in [5.41, 5.74) is 6.43. The number of benzene rings is 3. The molecule has 0 aliphatic rings. The first-order chi connectivity index (χ1) is 15.6. The molecule has 0 fully saturated rings. The standard InChI is InChI=1S/C28H28N2O2/c1-20(2)22-8-13-25(14-9-22)30-28(23-10-17-27(32-4)18-11-23)19-24(29-30)12-5-21-6-15-26(31-3)16-7-21/h5-20H,1-4H3. The first-order valence-corrected chi connectivity index (χ1v) is 10.7. The van der Waals surface area contributed by atoms with Crippen molar-refractivity contribution in [3.05, 3.63) is 95.7 Å². The van der Waals surface area contributed by atoms with E-state index in [1.807, 2.05) is 47.2 Å². The van der Waals surface area contributed by atoms with Crippen molar-refractivity contribution in [2.24, 2.45) is 0 Å². The molecule has 0 saturated carbocycles. The van der Waals surface area contributed by atoms with E-state index in [2.05, 4.69) is 62.4 Å². The molecule has 0 spiro atoms. The molecule has 0 unspecified atom stereocenters. The van der Waals surface area contributed by atoms with Crippen molar-refractivity contribution in [2.45, 2.75) is 19.8 Å². The second kappa shape index (κ2) is 9.56. The van der Waals surface area contributed by atoms with E-state index in [0.29, 0.717) is 5.92 Å². The monoisotopic (exact) mass is 424 g/mol. The minimum Gasteiger partial charge on any atom is -0.497 e. The maximum atomic E-state index is 5.32. The first-order valence-electron chi connectivity index (χ1n) is 10.7. The number of nitrogens with zero attached hydrogens (tertiary/aromatic N) is 2. The summed E-state index contributed by atoms with van der Waals surface area (Å²) in [6.45, 7) is 4.40. The number of hydrogen-bond donors (Lipinski definition) is 0. The molecular formula is C28H28N2O2. The van der Waals surface area contributed by atoms with Crippen LogP contribution in [0.1, 0.15) is 36.6 Å². The molecule has 0 radical (unpaired) electrons. The largest absolute Gasteiger partial charge is 0.497 e. The molecule has 162 valence electrons. The Morgan fingerprint density at radius 1 is 0.750 bits per heavy atom. The highest BCUT2D eigenvalue weighted by Crippen LogP contribution is 2.27. The van der Waals surface area contributed by atoms with Crippen molar-refractivity contribution in [1.29, 1.82) is 0 Å². The van der Waals surface area contributed by atoms with Gasteiger partial charge in [-0.05, 0) is 77.7 Å². The van der Waals surface area contributed by atoms with E-state index < -0.39 is 0 Å². The Labute approximate surface area is 189 Å². The van der Waals surface area contributed by atoms with Gasteiger partial charge in [0.1, 0.15) is 11.5 Å². The lowest BCUT2D eigenvalue weighted by Gasteiger charge is -2.10.